The van der Waals surface area contributed by atoms with E-state index in [2.05, 4.69) is 16.0 Å². The molecule has 2 aliphatic heterocycles. The second-order valence-corrected chi connectivity index (χ2v) is 7.85. The molecular formula is C20H28N4O2. The van der Waals surface area contributed by atoms with Crippen LogP contribution in [0.25, 0.3) is 0 Å². The Morgan fingerprint density at radius 1 is 1.15 bits per heavy atom. The first-order chi connectivity index (χ1) is 12.7. The molecule has 1 saturated carbocycles. The van der Waals surface area contributed by atoms with Crippen molar-refractivity contribution in [3.63, 3.8) is 0 Å². The zero-order valence-corrected chi connectivity index (χ0v) is 15.3. The van der Waals surface area contributed by atoms with E-state index in [1.807, 2.05) is 22.1 Å². The molecule has 140 valence electrons. The number of piperazine rings is 1. The standard InChI is InChI=1S/C20H28N4O2/c25-19-12-17(15-24(19)18-5-1-2-6-18)20(26)23-10-8-22(9-11-23)14-16-4-3-7-21-13-16/h3-4,7,13,17-18H,1-2,5-6,8-12,14-15H2. The molecule has 1 aliphatic carbocycles. The van der Waals surface area contributed by atoms with Crippen LogP contribution in [0.15, 0.2) is 24.5 Å². The van der Waals surface area contributed by atoms with Gasteiger partial charge in [0.15, 0.2) is 0 Å². The van der Waals surface area contributed by atoms with Gasteiger partial charge in [-0.3, -0.25) is 19.5 Å². The molecule has 6 nitrogen and oxygen atoms in total. The zero-order chi connectivity index (χ0) is 17.9. The van der Waals surface area contributed by atoms with Gasteiger partial charge in [-0.15, -0.1) is 0 Å². The minimum Gasteiger partial charge on any atom is -0.340 e. The third kappa shape index (κ3) is 3.75. The van der Waals surface area contributed by atoms with Crippen molar-refractivity contribution in [2.24, 2.45) is 5.92 Å². The van der Waals surface area contributed by atoms with Crippen LogP contribution in [-0.2, 0) is 16.1 Å². The maximum atomic E-state index is 12.9. The highest BCUT2D eigenvalue weighted by atomic mass is 16.2. The summed E-state index contributed by atoms with van der Waals surface area (Å²) in [4.78, 5) is 35.7. The Hall–Kier alpha value is -1.95. The van der Waals surface area contributed by atoms with E-state index in [-0.39, 0.29) is 17.7 Å². The predicted molar refractivity (Wildman–Crippen MR) is 98.2 cm³/mol. The second kappa shape index (κ2) is 7.74. The molecule has 0 aromatic carbocycles. The number of likely N-dealkylation sites (tertiary alicyclic amines) is 1. The SMILES string of the molecule is O=C(C1CC(=O)N(C2CCCC2)C1)N1CCN(Cc2cccnc2)CC1. The van der Waals surface area contributed by atoms with Gasteiger partial charge in [0.1, 0.15) is 0 Å². The van der Waals surface area contributed by atoms with Crippen LogP contribution in [0.4, 0.5) is 0 Å². The molecule has 3 heterocycles. The Bertz CT molecular complexity index is 636. The molecule has 6 heteroatoms. The van der Waals surface area contributed by atoms with Gasteiger partial charge in [-0.1, -0.05) is 18.9 Å². The van der Waals surface area contributed by atoms with E-state index in [1.54, 1.807) is 6.20 Å². The summed E-state index contributed by atoms with van der Waals surface area (Å²) in [5.41, 5.74) is 1.21. The van der Waals surface area contributed by atoms with E-state index in [1.165, 1.54) is 18.4 Å². The molecule has 1 atom stereocenters. The van der Waals surface area contributed by atoms with Crippen molar-refractivity contribution in [2.45, 2.75) is 44.7 Å². The fraction of sp³-hybridized carbons (Fsp3) is 0.650. The van der Waals surface area contributed by atoms with Gasteiger partial charge < -0.3 is 9.80 Å². The second-order valence-electron chi connectivity index (χ2n) is 7.85. The van der Waals surface area contributed by atoms with E-state index >= 15 is 0 Å². The first kappa shape index (κ1) is 17.5. The van der Waals surface area contributed by atoms with Gasteiger partial charge in [0.25, 0.3) is 0 Å². The van der Waals surface area contributed by atoms with Gasteiger partial charge in [0.05, 0.1) is 5.92 Å². The summed E-state index contributed by atoms with van der Waals surface area (Å²) in [5.74, 6) is 0.235. The molecule has 0 radical (unpaired) electrons. The molecule has 3 fully saturated rings. The lowest BCUT2D eigenvalue weighted by molar-refractivity contribution is -0.137. The fourth-order valence-electron chi connectivity index (χ4n) is 4.60. The van der Waals surface area contributed by atoms with Crippen molar-refractivity contribution < 1.29 is 9.59 Å². The molecule has 3 aliphatic rings. The van der Waals surface area contributed by atoms with Gasteiger partial charge in [-0.05, 0) is 24.5 Å². The molecule has 0 bridgehead atoms. The lowest BCUT2D eigenvalue weighted by Crippen LogP contribution is -2.50. The summed E-state index contributed by atoms with van der Waals surface area (Å²) in [5, 5.41) is 0. The zero-order valence-electron chi connectivity index (χ0n) is 15.3. The Balaban J connectivity index is 1.28. The Morgan fingerprint density at radius 3 is 2.62 bits per heavy atom. The number of aromatic nitrogens is 1. The molecule has 0 spiro atoms. The number of hydrogen-bond acceptors (Lipinski definition) is 4. The average Bonchev–Trinajstić information content (AvgIpc) is 3.32. The molecule has 1 unspecified atom stereocenters. The van der Waals surface area contributed by atoms with E-state index in [4.69, 9.17) is 0 Å². The quantitative estimate of drug-likeness (QED) is 0.821. The number of pyridine rings is 1. The van der Waals surface area contributed by atoms with Crippen LogP contribution in [0.3, 0.4) is 0 Å². The minimum absolute atomic E-state index is 0.132. The summed E-state index contributed by atoms with van der Waals surface area (Å²) in [6, 6.07) is 4.44. The van der Waals surface area contributed by atoms with Crippen molar-refractivity contribution in [3.05, 3.63) is 30.1 Å². The number of rotatable bonds is 4. The maximum absolute atomic E-state index is 12.9. The van der Waals surface area contributed by atoms with Crippen molar-refractivity contribution in [1.29, 1.82) is 0 Å². The average molecular weight is 356 g/mol. The lowest BCUT2D eigenvalue weighted by Gasteiger charge is -2.36. The molecule has 2 saturated heterocycles. The summed E-state index contributed by atoms with van der Waals surface area (Å²) in [6.07, 6.45) is 8.75. The van der Waals surface area contributed by atoms with E-state index in [9.17, 15) is 9.59 Å². The predicted octanol–water partition coefficient (Wildman–Crippen LogP) is 1.52. The molecular weight excluding hydrogens is 328 g/mol. The van der Waals surface area contributed by atoms with Crippen LogP contribution >= 0.6 is 0 Å². The highest BCUT2D eigenvalue weighted by molar-refractivity contribution is 5.89. The molecule has 0 N–H and O–H groups in total. The Labute approximate surface area is 155 Å². The van der Waals surface area contributed by atoms with Gasteiger partial charge in [0.2, 0.25) is 11.8 Å². The summed E-state index contributed by atoms with van der Waals surface area (Å²) in [6.45, 7) is 4.80. The van der Waals surface area contributed by atoms with E-state index < -0.39 is 0 Å². The van der Waals surface area contributed by atoms with Crippen LogP contribution in [0.5, 0.6) is 0 Å². The summed E-state index contributed by atoms with van der Waals surface area (Å²) >= 11 is 0. The number of carbonyl (C=O) groups is 2. The van der Waals surface area contributed by atoms with Gasteiger partial charge in [-0.2, -0.15) is 0 Å². The van der Waals surface area contributed by atoms with Crippen LogP contribution in [-0.4, -0.2) is 70.3 Å². The number of nitrogens with zero attached hydrogens (tertiary/aromatic N) is 4. The minimum atomic E-state index is -0.132. The molecule has 4 rings (SSSR count). The van der Waals surface area contributed by atoms with Crippen molar-refractivity contribution in [3.8, 4) is 0 Å². The number of carbonyl (C=O) groups excluding carboxylic acids is 2. The van der Waals surface area contributed by atoms with E-state index in [0.717, 1.165) is 45.6 Å². The van der Waals surface area contributed by atoms with Gasteiger partial charge >= 0.3 is 0 Å². The van der Waals surface area contributed by atoms with Crippen LogP contribution in [0.1, 0.15) is 37.7 Å². The monoisotopic (exact) mass is 356 g/mol. The number of amides is 2. The molecule has 2 amide bonds. The molecule has 1 aromatic heterocycles. The highest BCUT2D eigenvalue weighted by Gasteiger charge is 2.40. The van der Waals surface area contributed by atoms with Gasteiger partial charge in [-0.25, -0.2) is 0 Å². The van der Waals surface area contributed by atoms with Crippen molar-refractivity contribution in [2.75, 3.05) is 32.7 Å². The fourth-order valence-corrected chi connectivity index (χ4v) is 4.60. The molecule has 1 aromatic rings. The third-order valence-electron chi connectivity index (χ3n) is 6.09. The Morgan fingerprint density at radius 2 is 1.92 bits per heavy atom. The third-order valence-corrected chi connectivity index (χ3v) is 6.09. The lowest BCUT2D eigenvalue weighted by atomic mass is 10.1. The van der Waals surface area contributed by atoms with Crippen molar-refractivity contribution >= 4 is 11.8 Å². The van der Waals surface area contributed by atoms with E-state index in [0.29, 0.717) is 19.0 Å². The maximum Gasteiger partial charge on any atom is 0.228 e. The van der Waals surface area contributed by atoms with Crippen LogP contribution in [0, 0.1) is 5.92 Å². The van der Waals surface area contributed by atoms with Gasteiger partial charge in [0, 0.05) is 64.1 Å². The number of hydrogen-bond donors (Lipinski definition) is 0. The summed E-state index contributed by atoms with van der Waals surface area (Å²) < 4.78 is 0. The van der Waals surface area contributed by atoms with Crippen molar-refractivity contribution in [1.82, 2.24) is 19.7 Å². The summed E-state index contributed by atoms with van der Waals surface area (Å²) in [7, 11) is 0. The highest BCUT2D eigenvalue weighted by Crippen LogP contribution is 2.30. The van der Waals surface area contributed by atoms with Crippen LogP contribution in [0.2, 0.25) is 0 Å². The Kier molecular flexibility index (Phi) is 5.20. The normalized spacial score (nSPS) is 25.2. The largest absolute Gasteiger partial charge is 0.340 e. The van der Waals surface area contributed by atoms with Crippen LogP contribution < -0.4 is 0 Å². The first-order valence-corrected chi connectivity index (χ1v) is 9.90. The first-order valence-electron chi connectivity index (χ1n) is 9.90. The topological polar surface area (TPSA) is 56.8 Å². The molecule has 26 heavy (non-hydrogen) atoms. The smallest absolute Gasteiger partial charge is 0.228 e.